The second-order valence-electron chi connectivity index (χ2n) is 6.16. The maximum Gasteiger partial charge on any atom is 0.261 e. The normalized spacial score (nSPS) is 11.1. The Balaban J connectivity index is 1.53. The minimum atomic E-state index is -3.73. The number of thioether (sulfide) groups is 1. The van der Waals surface area contributed by atoms with Crippen LogP contribution in [-0.4, -0.2) is 20.1 Å². The Hall–Kier alpha value is -2.48. The Labute approximate surface area is 179 Å². The average molecular weight is 447 g/mol. The number of halogens is 1. The fourth-order valence-electron chi connectivity index (χ4n) is 2.48. The number of hydrogen-bond donors (Lipinski definition) is 2. The zero-order valence-electron chi connectivity index (χ0n) is 15.3. The minimum absolute atomic E-state index is 0.101. The highest BCUT2D eigenvalue weighted by Gasteiger charge is 2.14. The summed E-state index contributed by atoms with van der Waals surface area (Å²) in [5.41, 5.74) is 2.12. The predicted octanol–water partition coefficient (Wildman–Crippen LogP) is 5.01. The summed E-state index contributed by atoms with van der Waals surface area (Å²) in [5.74, 6) is 0.926. The van der Waals surface area contributed by atoms with E-state index in [9.17, 15) is 13.2 Å². The molecular weight excluding hydrogens is 428 g/mol. The van der Waals surface area contributed by atoms with Gasteiger partial charge in [0.25, 0.3) is 10.0 Å². The highest BCUT2D eigenvalue weighted by atomic mass is 35.5. The molecule has 3 aromatic rings. The number of carbonyl (C=O) groups excluding carboxylic acids is 1. The molecule has 0 bridgehead atoms. The van der Waals surface area contributed by atoms with Crippen molar-refractivity contribution in [3.8, 4) is 0 Å². The van der Waals surface area contributed by atoms with Gasteiger partial charge < -0.3 is 5.32 Å². The van der Waals surface area contributed by atoms with Crippen molar-refractivity contribution in [2.24, 2.45) is 0 Å². The molecule has 8 heteroatoms. The number of hydrogen-bond acceptors (Lipinski definition) is 4. The van der Waals surface area contributed by atoms with Gasteiger partial charge >= 0.3 is 0 Å². The Kier molecular flexibility index (Phi) is 7.19. The van der Waals surface area contributed by atoms with Gasteiger partial charge in [-0.05, 0) is 54.1 Å². The average Bonchev–Trinajstić information content (AvgIpc) is 2.71. The number of amides is 1. The van der Waals surface area contributed by atoms with Crippen LogP contribution in [0.3, 0.4) is 0 Å². The summed E-state index contributed by atoms with van der Waals surface area (Å²) in [6.07, 6.45) is 0. The molecule has 0 aliphatic rings. The van der Waals surface area contributed by atoms with E-state index in [0.717, 1.165) is 11.3 Å². The van der Waals surface area contributed by atoms with Crippen LogP contribution in [0.4, 0.5) is 11.4 Å². The van der Waals surface area contributed by atoms with Gasteiger partial charge in [-0.15, -0.1) is 11.8 Å². The van der Waals surface area contributed by atoms with Crippen molar-refractivity contribution >= 4 is 50.7 Å². The summed E-state index contributed by atoms with van der Waals surface area (Å²) >= 11 is 7.32. The third kappa shape index (κ3) is 6.52. The lowest BCUT2D eigenvalue weighted by Crippen LogP contribution is -2.15. The lowest BCUT2D eigenvalue weighted by molar-refractivity contribution is -0.113. The molecule has 0 aliphatic carbocycles. The summed E-state index contributed by atoms with van der Waals surface area (Å²) in [6.45, 7) is 0. The van der Waals surface area contributed by atoms with Gasteiger partial charge in [0.1, 0.15) is 0 Å². The van der Waals surface area contributed by atoms with Gasteiger partial charge in [-0.1, -0.05) is 41.9 Å². The Morgan fingerprint density at radius 2 is 1.48 bits per heavy atom. The number of benzene rings is 3. The molecule has 3 rings (SSSR count). The summed E-state index contributed by atoms with van der Waals surface area (Å²) in [6, 6.07) is 22.3. The van der Waals surface area contributed by atoms with Crippen molar-refractivity contribution < 1.29 is 13.2 Å². The fraction of sp³-hybridized carbons (Fsp3) is 0.0952. The van der Waals surface area contributed by atoms with E-state index in [1.165, 1.54) is 23.9 Å². The molecule has 2 N–H and O–H groups in total. The second-order valence-corrected chi connectivity index (χ2v) is 9.27. The minimum Gasteiger partial charge on any atom is -0.325 e. The van der Waals surface area contributed by atoms with Gasteiger partial charge in [0.2, 0.25) is 5.91 Å². The van der Waals surface area contributed by atoms with Crippen LogP contribution in [0, 0.1) is 0 Å². The van der Waals surface area contributed by atoms with E-state index < -0.39 is 10.0 Å². The van der Waals surface area contributed by atoms with Crippen molar-refractivity contribution in [3.05, 3.63) is 89.4 Å². The largest absolute Gasteiger partial charge is 0.325 e. The van der Waals surface area contributed by atoms with E-state index in [2.05, 4.69) is 10.0 Å². The molecule has 0 saturated carbocycles. The standard InChI is InChI=1S/C21H19ClN2O3S2/c22-17-6-8-19(9-7-17)24-29(26,27)20-12-10-18(11-13-20)23-21(25)15-28-14-16-4-2-1-3-5-16/h1-13,24H,14-15H2,(H,23,25). The fourth-order valence-corrected chi connectivity index (χ4v) is 4.45. The third-order valence-electron chi connectivity index (χ3n) is 3.89. The number of carbonyl (C=O) groups is 1. The molecule has 150 valence electrons. The Morgan fingerprint density at radius 1 is 0.862 bits per heavy atom. The van der Waals surface area contributed by atoms with E-state index in [-0.39, 0.29) is 10.8 Å². The van der Waals surface area contributed by atoms with Gasteiger partial charge in [0, 0.05) is 22.2 Å². The summed E-state index contributed by atoms with van der Waals surface area (Å²) in [4.78, 5) is 12.2. The monoisotopic (exact) mass is 446 g/mol. The first-order chi connectivity index (χ1) is 13.9. The molecule has 0 fully saturated rings. The SMILES string of the molecule is O=C(CSCc1ccccc1)Nc1ccc(S(=O)(=O)Nc2ccc(Cl)cc2)cc1. The highest BCUT2D eigenvalue weighted by molar-refractivity contribution is 7.99. The Bertz CT molecular complexity index is 1060. The van der Waals surface area contributed by atoms with Crippen molar-refractivity contribution in [3.63, 3.8) is 0 Å². The van der Waals surface area contributed by atoms with Crippen LogP contribution in [0.15, 0.2) is 83.8 Å². The predicted molar refractivity (Wildman–Crippen MR) is 120 cm³/mol. The van der Waals surface area contributed by atoms with Crippen LogP contribution in [0.5, 0.6) is 0 Å². The van der Waals surface area contributed by atoms with Crippen molar-refractivity contribution in [2.45, 2.75) is 10.6 Å². The van der Waals surface area contributed by atoms with Crippen LogP contribution in [0.1, 0.15) is 5.56 Å². The van der Waals surface area contributed by atoms with E-state index in [0.29, 0.717) is 22.2 Å². The number of sulfonamides is 1. The summed E-state index contributed by atoms with van der Waals surface area (Å²) < 4.78 is 27.4. The number of nitrogens with one attached hydrogen (secondary N) is 2. The molecular formula is C21H19ClN2O3S2. The second kappa shape index (κ2) is 9.82. The maximum absolute atomic E-state index is 12.5. The molecule has 29 heavy (non-hydrogen) atoms. The van der Waals surface area contributed by atoms with Crippen LogP contribution in [0.2, 0.25) is 5.02 Å². The molecule has 5 nitrogen and oxygen atoms in total. The molecule has 0 radical (unpaired) electrons. The first kappa shape index (κ1) is 21.2. The lowest BCUT2D eigenvalue weighted by atomic mass is 10.2. The van der Waals surface area contributed by atoms with Gasteiger partial charge in [-0.25, -0.2) is 8.42 Å². The van der Waals surface area contributed by atoms with Gasteiger partial charge in [0.05, 0.1) is 10.6 Å². The third-order valence-corrected chi connectivity index (χ3v) is 6.54. The van der Waals surface area contributed by atoms with Gasteiger partial charge in [0.15, 0.2) is 0 Å². The van der Waals surface area contributed by atoms with Crippen LogP contribution < -0.4 is 10.0 Å². The smallest absolute Gasteiger partial charge is 0.261 e. The number of rotatable bonds is 8. The first-order valence-electron chi connectivity index (χ1n) is 8.72. The molecule has 1 amide bonds. The molecule has 0 unspecified atom stereocenters. The summed E-state index contributed by atoms with van der Waals surface area (Å²) in [7, 11) is -3.73. The van der Waals surface area contributed by atoms with Crippen molar-refractivity contribution in [1.29, 1.82) is 0 Å². The van der Waals surface area contributed by atoms with Gasteiger partial charge in [-0.3, -0.25) is 9.52 Å². The Morgan fingerprint density at radius 3 is 2.14 bits per heavy atom. The zero-order valence-corrected chi connectivity index (χ0v) is 17.7. The van der Waals surface area contributed by atoms with Crippen LogP contribution in [0.25, 0.3) is 0 Å². The van der Waals surface area contributed by atoms with Crippen LogP contribution >= 0.6 is 23.4 Å². The van der Waals surface area contributed by atoms with Crippen molar-refractivity contribution in [2.75, 3.05) is 15.8 Å². The summed E-state index contributed by atoms with van der Waals surface area (Å²) in [5, 5.41) is 3.30. The molecule has 0 spiro atoms. The molecule has 0 saturated heterocycles. The van der Waals surface area contributed by atoms with Crippen LogP contribution in [-0.2, 0) is 20.6 Å². The maximum atomic E-state index is 12.5. The lowest BCUT2D eigenvalue weighted by Gasteiger charge is -2.10. The van der Waals surface area contributed by atoms with Crippen molar-refractivity contribution in [1.82, 2.24) is 0 Å². The van der Waals surface area contributed by atoms with Gasteiger partial charge in [-0.2, -0.15) is 0 Å². The van der Waals surface area contributed by atoms with E-state index in [4.69, 9.17) is 11.6 Å². The van der Waals surface area contributed by atoms with E-state index >= 15 is 0 Å². The molecule has 0 aliphatic heterocycles. The molecule has 3 aromatic carbocycles. The first-order valence-corrected chi connectivity index (χ1v) is 11.7. The topological polar surface area (TPSA) is 75.3 Å². The highest BCUT2D eigenvalue weighted by Crippen LogP contribution is 2.20. The molecule has 0 atom stereocenters. The van der Waals surface area contributed by atoms with E-state index in [1.807, 2.05) is 30.3 Å². The van der Waals surface area contributed by atoms with E-state index in [1.54, 1.807) is 36.4 Å². The molecule has 0 aromatic heterocycles. The quantitative estimate of drug-likeness (QED) is 0.509. The number of anilines is 2. The molecule has 0 heterocycles. The zero-order chi connectivity index (χ0) is 20.7.